The van der Waals surface area contributed by atoms with Crippen LogP contribution in [0.25, 0.3) is 0 Å². The van der Waals surface area contributed by atoms with Crippen molar-refractivity contribution in [2.45, 2.75) is 26.3 Å². The molecule has 104 valence electrons. The number of rotatable bonds is 4. The van der Waals surface area contributed by atoms with Gasteiger partial charge in [-0.2, -0.15) is 0 Å². The molecule has 0 radical (unpaired) electrons. The van der Waals surface area contributed by atoms with Crippen molar-refractivity contribution in [1.82, 2.24) is 4.90 Å². The molecule has 1 saturated heterocycles. The maximum atomic E-state index is 12.0. The van der Waals surface area contributed by atoms with E-state index in [9.17, 15) is 4.79 Å². The summed E-state index contributed by atoms with van der Waals surface area (Å²) in [6.45, 7) is 4.54. The lowest BCUT2D eigenvalue weighted by atomic mass is 10.0. The minimum atomic E-state index is 0.0782. The average Bonchev–Trinajstić information content (AvgIpc) is 2.45. The summed E-state index contributed by atoms with van der Waals surface area (Å²) in [6.07, 6.45) is 2.31. The number of benzene rings is 1. The Balaban J connectivity index is 1.82. The van der Waals surface area contributed by atoms with Crippen LogP contribution in [0.15, 0.2) is 24.3 Å². The molecule has 0 bridgehead atoms. The van der Waals surface area contributed by atoms with Crippen LogP contribution < -0.4 is 10.5 Å². The molecule has 4 nitrogen and oxygen atoms in total. The Hall–Kier alpha value is -1.55. The van der Waals surface area contributed by atoms with Crippen LogP contribution in [0.5, 0.6) is 5.75 Å². The lowest BCUT2D eigenvalue weighted by Gasteiger charge is -2.30. The summed E-state index contributed by atoms with van der Waals surface area (Å²) in [5.74, 6) is 1.39. The van der Waals surface area contributed by atoms with Gasteiger partial charge in [0, 0.05) is 19.6 Å². The van der Waals surface area contributed by atoms with Crippen molar-refractivity contribution in [3.63, 3.8) is 0 Å². The second kappa shape index (κ2) is 6.57. The van der Waals surface area contributed by atoms with Crippen LogP contribution in [0.4, 0.5) is 0 Å². The third-order valence-electron chi connectivity index (χ3n) is 3.53. The van der Waals surface area contributed by atoms with Gasteiger partial charge in [0.05, 0.1) is 0 Å². The molecule has 1 unspecified atom stereocenters. The number of likely N-dealkylation sites (tertiary alicyclic amines) is 1. The van der Waals surface area contributed by atoms with Gasteiger partial charge in [-0.05, 0) is 36.5 Å². The van der Waals surface area contributed by atoms with E-state index in [4.69, 9.17) is 10.5 Å². The number of hydrogen-bond donors (Lipinski definition) is 1. The molecule has 2 N–H and O–H groups in total. The summed E-state index contributed by atoms with van der Waals surface area (Å²) < 4.78 is 5.52. The number of amides is 1. The maximum absolute atomic E-state index is 12.0. The molecule has 19 heavy (non-hydrogen) atoms. The van der Waals surface area contributed by atoms with E-state index >= 15 is 0 Å². The quantitative estimate of drug-likeness (QED) is 0.900. The third kappa shape index (κ3) is 3.96. The summed E-state index contributed by atoms with van der Waals surface area (Å²) in [6, 6.07) is 7.55. The Morgan fingerprint density at radius 2 is 2.16 bits per heavy atom. The number of nitrogens with zero attached hydrogens (tertiary/aromatic N) is 1. The molecule has 1 aromatic carbocycles. The van der Waals surface area contributed by atoms with Crippen molar-refractivity contribution < 1.29 is 9.53 Å². The second-order valence-corrected chi connectivity index (χ2v) is 5.22. The predicted octanol–water partition coefficient (Wildman–Crippen LogP) is 1.78. The molecule has 0 aliphatic carbocycles. The minimum Gasteiger partial charge on any atom is -0.484 e. The lowest BCUT2D eigenvalue weighted by molar-refractivity contribution is -0.135. The van der Waals surface area contributed by atoms with Crippen LogP contribution in [0.3, 0.4) is 0 Å². The number of carbonyl (C=O) groups excluding carboxylic acids is 1. The Kier molecular flexibility index (Phi) is 4.80. The van der Waals surface area contributed by atoms with E-state index in [0.29, 0.717) is 12.5 Å². The highest BCUT2D eigenvalue weighted by molar-refractivity contribution is 5.77. The van der Waals surface area contributed by atoms with E-state index < -0.39 is 0 Å². The van der Waals surface area contributed by atoms with Crippen molar-refractivity contribution in [3.8, 4) is 5.75 Å². The molecule has 0 saturated carbocycles. The van der Waals surface area contributed by atoms with Gasteiger partial charge >= 0.3 is 0 Å². The molecule has 2 rings (SSSR count). The van der Waals surface area contributed by atoms with E-state index in [0.717, 1.165) is 30.8 Å². The highest BCUT2D eigenvalue weighted by Gasteiger charge is 2.20. The first-order chi connectivity index (χ1) is 9.19. The zero-order valence-electron chi connectivity index (χ0n) is 11.5. The molecule has 4 heteroatoms. The van der Waals surface area contributed by atoms with E-state index in [-0.39, 0.29) is 12.5 Å². The van der Waals surface area contributed by atoms with Gasteiger partial charge in [0.2, 0.25) is 0 Å². The summed E-state index contributed by atoms with van der Waals surface area (Å²) >= 11 is 0. The van der Waals surface area contributed by atoms with E-state index in [1.54, 1.807) is 0 Å². The SMILES string of the molecule is CC1CCCN(C(=O)COc2ccc(CN)cc2)C1. The Morgan fingerprint density at radius 3 is 2.79 bits per heavy atom. The van der Waals surface area contributed by atoms with Crippen LogP contribution in [0.1, 0.15) is 25.3 Å². The molecule has 1 atom stereocenters. The fourth-order valence-electron chi connectivity index (χ4n) is 2.37. The number of nitrogens with two attached hydrogens (primary N) is 1. The van der Waals surface area contributed by atoms with Gasteiger partial charge in [-0.25, -0.2) is 0 Å². The van der Waals surface area contributed by atoms with Crippen molar-refractivity contribution in [2.24, 2.45) is 11.7 Å². The average molecular weight is 262 g/mol. The standard InChI is InChI=1S/C15H22N2O2/c1-12-3-2-8-17(10-12)15(18)11-19-14-6-4-13(9-16)5-7-14/h4-7,12H,2-3,8-11,16H2,1H3. The molecular weight excluding hydrogens is 240 g/mol. The van der Waals surface area contributed by atoms with Crippen molar-refractivity contribution >= 4 is 5.91 Å². The Labute approximate surface area is 114 Å². The number of carbonyl (C=O) groups is 1. The topological polar surface area (TPSA) is 55.6 Å². The Bertz CT molecular complexity index is 417. The number of hydrogen-bond acceptors (Lipinski definition) is 3. The molecule has 1 fully saturated rings. The van der Waals surface area contributed by atoms with Gasteiger partial charge in [-0.15, -0.1) is 0 Å². The zero-order valence-corrected chi connectivity index (χ0v) is 11.5. The van der Waals surface area contributed by atoms with Crippen LogP contribution in [-0.4, -0.2) is 30.5 Å². The van der Waals surface area contributed by atoms with Gasteiger partial charge in [-0.1, -0.05) is 19.1 Å². The molecule has 0 spiro atoms. The third-order valence-corrected chi connectivity index (χ3v) is 3.53. The largest absolute Gasteiger partial charge is 0.484 e. The first kappa shape index (κ1) is 13.9. The lowest BCUT2D eigenvalue weighted by Crippen LogP contribution is -2.41. The van der Waals surface area contributed by atoms with Gasteiger partial charge < -0.3 is 15.4 Å². The first-order valence-electron chi connectivity index (χ1n) is 6.88. The van der Waals surface area contributed by atoms with Crippen LogP contribution >= 0.6 is 0 Å². The molecule has 1 aliphatic rings. The van der Waals surface area contributed by atoms with Gasteiger partial charge in [0.1, 0.15) is 5.75 Å². The Morgan fingerprint density at radius 1 is 1.42 bits per heavy atom. The van der Waals surface area contributed by atoms with Crippen LogP contribution in [-0.2, 0) is 11.3 Å². The van der Waals surface area contributed by atoms with Crippen molar-refractivity contribution in [1.29, 1.82) is 0 Å². The van der Waals surface area contributed by atoms with E-state index in [1.807, 2.05) is 29.2 Å². The normalized spacial score (nSPS) is 19.3. The second-order valence-electron chi connectivity index (χ2n) is 5.22. The van der Waals surface area contributed by atoms with Gasteiger partial charge in [0.15, 0.2) is 6.61 Å². The smallest absolute Gasteiger partial charge is 0.260 e. The fourth-order valence-corrected chi connectivity index (χ4v) is 2.37. The number of piperidine rings is 1. The van der Waals surface area contributed by atoms with Crippen molar-refractivity contribution in [3.05, 3.63) is 29.8 Å². The molecule has 0 aromatic heterocycles. The summed E-state index contributed by atoms with van der Waals surface area (Å²) in [7, 11) is 0. The van der Waals surface area contributed by atoms with E-state index in [2.05, 4.69) is 6.92 Å². The highest BCUT2D eigenvalue weighted by Crippen LogP contribution is 2.16. The summed E-state index contributed by atoms with van der Waals surface area (Å²) in [4.78, 5) is 13.9. The zero-order chi connectivity index (χ0) is 13.7. The maximum Gasteiger partial charge on any atom is 0.260 e. The molecule has 1 aliphatic heterocycles. The summed E-state index contributed by atoms with van der Waals surface area (Å²) in [5, 5.41) is 0. The van der Waals surface area contributed by atoms with Crippen LogP contribution in [0.2, 0.25) is 0 Å². The van der Waals surface area contributed by atoms with Gasteiger partial charge in [0.25, 0.3) is 5.91 Å². The monoisotopic (exact) mass is 262 g/mol. The predicted molar refractivity (Wildman–Crippen MR) is 74.8 cm³/mol. The minimum absolute atomic E-state index is 0.0782. The first-order valence-corrected chi connectivity index (χ1v) is 6.88. The summed E-state index contributed by atoms with van der Waals surface area (Å²) in [5.41, 5.74) is 6.59. The fraction of sp³-hybridized carbons (Fsp3) is 0.533. The van der Waals surface area contributed by atoms with Crippen molar-refractivity contribution in [2.75, 3.05) is 19.7 Å². The molecular formula is C15H22N2O2. The number of ether oxygens (including phenoxy) is 1. The molecule has 1 heterocycles. The highest BCUT2D eigenvalue weighted by atomic mass is 16.5. The molecule has 1 amide bonds. The van der Waals surface area contributed by atoms with Gasteiger partial charge in [-0.3, -0.25) is 4.79 Å². The van der Waals surface area contributed by atoms with E-state index in [1.165, 1.54) is 6.42 Å². The van der Waals surface area contributed by atoms with Crippen LogP contribution in [0, 0.1) is 5.92 Å². The molecule has 1 aromatic rings.